The number of likely N-dealkylation sites (tertiary alicyclic amines) is 1. The monoisotopic (exact) mass is 520 g/mol. The minimum atomic E-state index is -0.209. The molecule has 1 fully saturated rings. The molecule has 0 spiro atoms. The lowest BCUT2D eigenvalue weighted by molar-refractivity contribution is 0.0735. The van der Waals surface area contributed by atoms with Crippen molar-refractivity contribution in [3.05, 3.63) is 63.6 Å². The van der Waals surface area contributed by atoms with Crippen LogP contribution in [0.4, 0.5) is 0 Å². The second-order valence-electron chi connectivity index (χ2n) is 9.33. The first-order valence-electron chi connectivity index (χ1n) is 12.7. The van der Waals surface area contributed by atoms with Crippen molar-refractivity contribution < 1.29 is 14.7 Å². The fourth-order valence-corrected chi connectivity index (χ4v) is 4.87. The first-order chi connectivity index (χ1) is 17.0. The number of aliphatic hydroxyl groups excluding tert-OH is 1. The highest BCUT2D eigenvalue weighted by molar-refractivity contribution is 6.35. The number of piperidine rings is 1. The maximum atomic E-state index is 10.3. The zero-order chi connectivity index (χ0) is 25.0. The van der Waals surface area contributed by atoms with Crippen LogP contribution in [0.3, 0.4) is 0 Å². The summed E-state index contributed by atoms with van der Waals surface area (Å²) in [5, 5.41) is 15.7. The van der Waals surface area contributed by atoms with E-state index in [1.807, 2.05) is 42.5 Å². The Morgan fingerprint density at radius 2 is 1.83 bits per heavy atom. The Labute approximate surface area is 220 Å². The number of ether oxygens (including phenoxy) is 1. The van der Waals surface area contributed by atoms with Gasteiger partial charge in [-0.2, -0.15) is 0 Å². The van der Waals surface area contributed by atoms with Gasteiger partial charge in [0.05, 0.1) is 17.7 Å². The van der Waals surface area contributed by atoms with E-state index >= 15 is 0 Å². The molecule has 0 radical (unpaired) electrons. The molecular formula is C28H38Cl2N2O3. The summed E-state index contributed by atoms with van der Waals surface area (Å²) in [5.41, 5.74) is 2.27. The second-order valence-corrected chi connectivity index (χ2v) is 10.2. The third-order valence-corrected chi connectivity index (χ3v) is 7.11. The summed E-state index contributed by atoms with van der Waals surface area (Å²) < 4.78 is 6.09. The number of β-amino-alcohol motifs (C(OH)–C–C–N with tert-alkyl or cyclic N) is 1. The summed E-state index contributed by atoms with van der Waals surface area (Å²) in [6.45, 7) is 5.69. The number of aliphatic hydroxyl groups is 1. The summed E-state index contributed by atoms with van der Waals surface area (Å²) in [7, 11) is 1.51. The molecule has 1 heterocycles. The molecule has 0 bridgehead atoms. The smallest absolute Gasteiger partial charge is 0.120 e. The van der Waals surface area contributed by atoms with Gasteiger partial charge in [-0.05, 0) is 68.6 Å². The number of benzene rings is 2. The molecule has 5 nitrogen and oxygen atoms in total. The Morgan fingerprint density at radius 1 is 1.09 bits per heavy atom. The van der Waals surface area contributed by atoms with Crippen molar-refractivity contribution in [3.8, 4) is 5.75 Å². The van der Waals surface area contributed by atoms with Crippen molar-refractivity contribution in [2.45, 2.75) is 58.0 Å². The summed E-state index contributed by atoms with van der Waals surface area (Å²) >= 11 is 12.6. The van der Waals surface area contributed by atoms with Gasteiger partial charge in [0.2, 0.25) is 0 Å². The molecule has 0 amide bonds. The van der Waals surface area contributed by atoms with Gasteiger partial charge in [-0.15, -0.1) is 0 Å². The van der Waals surface area contributed by atoms with E-state index in [0.717, 1.165) is 62.2 Å². The molecule has 3 rings (SSSR count). The molecule has 2 aromatic rings. The van der Waals surface area contributed by atoms with Crippen LogP contribution in [0.2, 0.25) is 10.0 Å². The van der Waals surface area contributed by atoms with Crippen LogP contribution in [-0.4, -0.2) is 55.2 Å². The van der Waals surface area contributed by atoms with E-state index < -0.39 is 0 Å². The van der Waals surface area contributed by atoms with E-state index in [2.05, 4.69) is 17.0 Å². The fraction of sp³-hybridized carbons (Fsp3) is 0.536. The van der Waals surface area contributed by atoms with E-state index in [0.29, 0.717) is 28.3 Å². The lowest BCUT2D eigenvalue weighted by atomic mass is 9.97. The second kappa shape index (κ2) is 14.7. The van der Waals surface area contributed by atoms with Crippen LogP contribution < -0.4 is 4.74 Å². The predicted molar refractivity (Wildman–Crippen MR) is 145 cm³/mol. The molecule has 1 atom stereocenters. The SMILES string of the molecule is CCCCCC[C@H](O)CN1CCC(COc2ccc(/C(=N/OC)c3ccc(Cl)cc3)c(Cl)c2)CC1. The highest BCUT2D eigenvalue weighted by Crippen LogP contribution is 2.27. The number of oxime groups is 1. The quantitative estimate of drug-likeness (QED) is 0.179. The molecule has 1 aliphatic heterocycles. The highest BCUT2D eigenvalue weighted by Gasteiger charge is 2.22. The zero-order valence-electron chi connectivity index (χ0n) is 20.9. The number of halogens is 2. The van der Waals surface area contributed by atoms with Gasteiger partial charge in [-0.3, -0.25) is 0 Å². The maximum Gasteiger partial charge on any atom is 0.120 e. The fourth-order valence-electron chi connectivity index (χ4n) is 4.48. The van der Waals surface area contributed by atoms with Gasteiger partial charge in [0, 0.05) is 22.7 Å². The Morgan fingerprint density at radius 3 is 2.49 bits per heavy atom. The van der Waals surface area contributed by atoms with Crippen LogP contribution in [0, 0.1) is 5.92 Å². The third kappa shape index (κ3) is 8.98. The van der Waals surface area contributed by atoms with Gasteiger partial charge in [-0.25, -0.2) is 0 Å². The van der Waals surface area contributed by atoms with Crippen LogP contribution >= 0.6 is 23.2 Å². The standard InChI is InChI=1S/C28H38Cl2N2O3/c1-3-4-5-6-7-24(33)19-32-16-14-21(15-17-32)20-35-25-12-13-26(27(30)18-25)28(31-34-2)22-8-10-23(29)11-9-22/h8-13,18,21,24,33H,3-7,14-17,19-20H2,1-2H3/b31-28+/t24-/m0/s1. The largest absolute Gasteiger partial charge is 0.493 e. The average molecular weight is 522 g/mol. The molecule has 35 heavy (non-hydrogen) atoms. The molecule has 0 saturated carbocycles. The molecule has 0 unspecified atom stereocenters. The topological polar surface area (TPSA) is 54.3 Å². The van der Waals surface area contributed by atoms with Crippen molar-refractivity contribution in [2.24, 2.45) is 11.1 Å². The van der Waals surface area contributed by atoms with E-state index in [9.17, 15) is 5.11 Å². The van der Waals surface area contributed by atoms with E-state index in [1.165, 1.54) is 26.4 Å². The Balaban J connectivity index is 1.47. The Bertz CT molecular complexity index is 928. The van der Waals surface area contributed by atoms with Gasteiger partial charge < -0.3 is 19.6 Å². The van der Waals surface area contributed by atoms with E-state index in [1.54, 1.807) is 0 Å². The number of rotatable bonds is 13. The molecule has 0 aromatic heterocycles. The summed E-state index contributed by atoms with van der Waals surface area (Å²) in [6, 6.07) is 13.1. The molecule has 1 saturated heterocycles. The predicted octanol–water partition coefficient (Wildman–Crippen LogP) is 6.81. The third-order valence-electron chi connectivity index (χ3n) is 6.55. The normalized spacial score (nSPS) is 16.3. The molecule has 192 valence electrons. The lowest BCUT2D eigenvalue weighted by Crippen LogP contribution is -2.40. The number of unbranched alkanes of at least 4 members (excludes halogenated alkanes) is 3. The molecule has 0 aliphatic carbocycles. The van der Waals surface area contributed by atoms with Crippen molar-refractivity contribution >= 4 is 28.9 Å². The molecule has 7 heteroatoms. The maximum absolute atomic E-state index is 10.3. The van der Waals surface area contributed by atoms with E-state index in [4.69, 9.17) is 32.8 Å². The lowest BCUT2D eigenvalue weighted by Gasteiger charge is -2.33. The van der Waals surface area contributed by atoms with Crippen LogP contribution in [0.1, 0.15) is 63.0 Å². The van der Waals surface area contributed by atoms with Crippen LogP contribution in [-0.2, 0) is 4.84 Å². The zero-order valence-corrected chi connectivity index (χ0v) is 22.4. The van der Waals surface area contributed by atoms with Gasteiger partial charge in [0.15, 0.2) is 0 Å². The number of hydrogen-bond acceptors (Lipinski definition) is 5. The summed E-state index contributed by atoms with van der Waals surface area (Å²) in [4.78, 5) is 7.45. The minimum absolute atomic E-state index is 0.209. The molecule has 1 aliphatic rings. The van der Waals surface area contributed by atoms with Gasteiger partial charge in [-0.1, -0.05) is 73.1 Å². The first-order valence-corrected chi connectivity index (χ1v) is 13.5. The van der Waals surface area contributed by atoms with Crippen LogP contribution in [0.25, 0.3) is 0 Å². The molecular weight excluding hydrogens is 483 g/mol. The highest BCUT2D eigenvalue weighted by atomic mass is 35.5. The van der Waals surface area contributed by atoms with Crippen LogP contribution in [0.5, 0.6) is 5.75 Å². The van der Waals surface area contributed by atoms with Crippen molar-refractivity contribution in [2.75, 3.05) is 33.4 Å². The minimum Gasteiger partial charge on any atom is -0.493 e. The average Bonchev–Trinajstić information content (AvgIpc) is 2.86. The van der Waals surface area contributed by atoms with Gasteiger partial charge >= 0.3 is 0 Å². The Hall–Kier alpha value is -1.79. The van der Waals surface area contributed by atoms with Gasteiger partial charge in [0.25, 0.3) is 0 Å². The van der Waals surface area contributed by atoms with Crippen LogP contribution in [0.15, 0.2) is 47.6 Å². The van der Waals surface area contributed by atoms with Gasteiger partial charge in [0.1, 0.15) is 18.6 Å². The summed E-state index contributed by atoms with van der Waals surface area (Å²) in [5.74, 6) is 1.25. The summed E-state index contributed by atoms with van der Waals surface area (Å²) in [6.07, 6.45) is 7.70. The van der Waals surface area contributed by atoms with Crippen molar-refractivity contribution in [3.63, 3.8) is 0 Å². The number of hydrogen-bond donors (Lipinski definition) is 1. The first kappa shape index (κ1) is 27.8. The van der Waals surface area contributed by atoms with Crippen molar-refractivity contribution in [1.29, 1.82) is 0 Å². The molecule has 2 aromatic carbocycles. The van der Waals surface area contributed by atoms with E-state index in [-0.39, 0.29) is 6.10 Å². The molecule has 1 N–H and O–H groups in total. The number of nitrogens with zero attached hydrogens (tertiary/aromatic N) is 2. The van der Waals surface area contributed by atoms with Crippen molar-refractivity contribution in [1.82, 2.24) is 4.90 Å². The Kier molecular flexibility index (Phi) is 11.7.